The molecule has 4 rings (SSSR count). The molecule has 38 heavy (non-hydrogen) atoms. The fraction of sp³-hybridized carbons (Fsp3) is 0.969. The molecule has 4 aliphatic rings. The van der Waals surface area contributed by atoms with Crippen molar-refractivity contribution in [3.63, 3.8) is 0 Å². The maximum absolute atomic E-state index is 11.8. The highest BCUT2D eigenvalue weighted by Crippen LogP contribution is 2.68. The molecule has 0 aromatic rings. The van der Waals surface area contributed by atoms with Crippen molar-refractivity contribution in [3.05, 3.63) is 0 Å². The molecule has 0 spiro atoms. The molecule has 0 heterocycles. The average molecular weight is 534 g/mol. The number of ether oxygens (including phenoxy) is 1. The van der Waals surface area contributed by atoms with Crippen molar-refractivity contribution in [2.24, 2.45) is 52.1 Å². The summed E-state index contributed by atoms with van der Waals surface area (Å²) in [7, 11) is 1.49. The van der Waals surface area contributed by atoms with Crippen molar-refractivity contribution in [3.8, 4) is 0 Å². The number of carbonyl (C=O) groups is 1. The Hall–Kier alpha value is -0.690. The number of esters is 1. The van der Waals surface area contributed by atoms with Gasteiger partial charge in [0.05, 0.1) is 13.2 Å². The summed E-state index contributed by atoms with van der Waals surface area (Å²) in [5, 5.41) is 19.1. The fourth-order valence-electron chi connectivity index (χ4n) is 10.1. The molecule has 6 nitrogen and oxygen atoms in total. The van der Waals surface area contributed by atoms with Gasteiger partial charge in [-0.2, -0.15) is 0 Å². The van der Waals surface area contributed by atoms with E-state index in [-0.39, 0.29) is 12.1 Å². The predicted molar refractivity (Wildman–Crippen MR) is 155 cm³/mol. The Morgan fingerprint density at radius 3 is 2.50 bits per heavy atom. The standard InChI is InChI=1S/C32H59N3O3/c1-22(8-11-29(37)38-4)25-9-10-26-30-27(13-15-32(25,26)3)31(2)14-12-24(20-23(31)21-28(30)36)35-19-7-18-34-17-6-5-16-33/h22-28,30,34-36H,5-21,33H2,1-4H3/t22-,23-,24+,25-,26?,27?,28-,30?,31+,32-/m1/s1. The third-order valence-corrected chi connectivity index (χ3v) is 12.2. The summed E-state index contributed by atoms with van der Waals surface area (Å²) >= 11 is 0. The second-order valence-corrected chi connectivity index (χ2v) is 14.1. The van der Waals surface area contributed by atoms with Crippen molar-refractivity contribution in [1.29, 1.82) is 0 Å². The lowest BCUT2D eigenvalue weighted by Crippen LogP contribution is -2.59. The lowest BCUT2D eigenvalue weighted by molar-refractivity contribution is -0.167. The van der Waals surface area contributed by atoms with Gasteiger partial charge in [0.25, 0.3) is 0 Å². The SMILES string of the molecule is COC(=O)CC[C@@H](C)[C@H]1CCC2C3C(CC[C@@]21C)[C@@]1(C)CC[C@H](NCCCNCCCCN)C[C@@H]1C[C@H]3O. The van der Waals surface area contributed by atoms with Crippen molar-refractivity contribution in [1.82, 2.24) is 10.6 Å². The highest BCUT2D eigenvalue weighted by molar-refractivity contribution is 5.69. The number of nitrogens with one attached hydrogen (secondary N) is 2. The number of aliphatic hydroxyl groups is 1. The summed E-state index contributed by atoms with van der Waals surface area (Å²) in [4.78, 5) is 11.8. The Morgan fingerprint density at radius 2 is 1.74 bits per heavy atom. The van der Waals surface area contributed by atoms with Crippen LogP contribution in [0.3, 0.4) is 0 Å². The topological polar surface area (TPSA) is 96.6 Å². The van der Waals surface area contributed by atoms with Crippen LogP contribution in [0.15, 0.2) is 0 Å². The third-order valence-electron chi connectivity index (χ3n) is 12.2. The molecule has 4 aliphatic carbocycles. The van der Waals surface area contributed by atoms with Crippen LogP contribution in [0.5, 0.6) is 0 Å². The Balaban J connectivity index is 1.31. The van der Waals surface area contributed by atoms with Crippen LogP contribution < -0.4 is 16.4 Å². The van der Waals surface area contributed by atoms with Gasteiger partial charge in [0.1, 0.15) is 0 Å². The first kappa shape index (κ1) is 30.3. The van der Waals surface area contributed by atoms with Gasteiger partial charge in [-0.15, -0.1) is 0 Å². The van der Waals surface area contributed by atoms with Crippen LogP contribution in [-0.2, 0) is 9.53 Å². The Bertz CT molecular complexity index is 764. The first-order chi connectivity index (χ1) is 18.2. The monoisotopic (exact) mass is 533 g/mol. The average Bonchev–Trinajstić information content (AvgIpc) is 3.26. The molecular weight excluding hydrogens is 474 g/mol. The number of hydrogen-bond acceptors (Lipinski definition) is 6. The molecule has 0 aromatic heterocycles. The van der Waals surface area contributed by atoms with E-state index >= 15 is 0 Å². The normalized spacial score (nSPS) is 41.2. The zero-order valence-corrected chi connectivity index (χ0v) is 25.0. The second-order valence-electron chi connectivity index (χ2n) is 14.1. The van der Waals surface area contributed by atoms with E-state index in [1.807, 2.05) is 0 Å². The molecule has 0 aliphatic heterocycles. The summed E-state index contributed by atoms with van der Waals surface area (Å²) in [5.74, 6) is 3.51. The van der Waals surface area contributed by atoms with Gasteiger partial charge in [-0.25, -0.2) is 0 Å². The zero-order valence-electron chi connectivity index (χ0n) is 25.0. The molecule has 0 aromatic carbocycles. The van der Waals surface area contributed by atoms with Crippen molar-refractivity contribution >= 4 is 5.97 Å². The molecule has 0 radical (unpaired) electrons. The van der Waals surface area contributed by atoms with Gasteiger partial charge >= 0.3 is 5.97 Å². The summed E-state index contributed by atoms with van der Waals surface area (Å²) < 4.78 is 4.91. The highest BCUT2D eigenvalue weighted by Gasteiger charge is 2.62. The molecule has 0 amide bonds. The number of unbranched alkanes of at least 4 members (excludes halogenated alkanes) is 1. The zero-order chi connectivity index (χ0) is 27.3. The van der Waals surface area contributed by atoms with Crippen LogP contribution in [0.2, 0.25) is 0 Å². The number of carbonyl (C=O) groups excluding carboxylic acids is 1. The van der Waals surface area contributed by atoms with E-state index in [1.54, 1.807) is 0 Å². The third kappa shape index (κ3) is 6.29. The molecule has 6 heteroatoms. The number of fused-ring (bicyclic) bond motifs is 5. The minimum atomic E-state index is -0.150. The highest BCUT2D eigenvalue weighted by atomic mass is 16.5. The van der Waals surface area contributed by atoms with Crippen LogP contribution in [0.25, 0.3) is 0 Å². The van der Waals surface area contributed by atoms with E-state index < -0.39 is 0 Å². The lowest BCUT2D eigenvalue weighted by Gasteiger charge is -2.62. The Kier molecular flexibility index (Phi) is 10.6. The minimum Gasteiger partial charge on any atom is -0.469 e. The number of aliphatic hydroxyl groups excluding tert-OH is 1. The first-order valence-electron chi connectivity index (χ1n) is 16.1. The lowest BCUT2D eigenvalue weighted by atomic mass is 9.43. The van der Waals surface area contributed by atoms with Crippen molar-refractivity contribution < 1.29 is 14.6 Å². The predicted octanol–water partition coefficient (Wildman–Crippen LogP) is 4.88. The number of hydrogen-bond donors (Lipinski definition) is 4. The van der Waals surface area contributed by atoms with Crippen LogP contribution in [-0.4, -0.2) is 56.5 Å². The van der Waals surface area contributed by atoms with Crippen LogP contribution >= 0.6 is 0 Å². The molecule has 10 atom stereocenters. The first-order valence-corrected chi connectivity index (χ1v) is 16.1. The number of nitrogens with two attached hydrogens (primary N) is 1. The number of rotatable bonds is 13. The number of methoxy groups -OCH3 is 1. The van der Waals surface area contributed by atoms with Crippen LogP contribution in [0.4, 0.5) is 0 Å². The van der Waals surface area contributed by atoms with Crippen molar-refractivity contribution in [2.75, 3.05) is 33.3 Å². The van der Waals surface area contributed by atoms with Gasteiger partial charge in [0.15, 0.2) is 0 Å². The molecule has 0 saturated heterocycles. The minimum absolute atomic E-state index is 0.0815. The maximum atomic E-state index is 11.8. The van der Waals surface area contributed by atoms with E-state index in [2.05, 4.69) is 31.4 Å². The molecule has 4 fully saturated rings. The molecule has 4 saturated carbocycles. The molecule has 220 valence electrons. The van der Waals surface area contributed by atoms with Gasteiger partial charge in [0, 0.05) is 12.5 Å². The van der Waals surface area contributed by atoms with E-state index in [1.165, 1.54) is 64.9 Å². The van der Waals surface area contributed by atoms with E-state index in [9.17, 15) is 9.90 Å². The summed E-state index contributed by atoms with van der Waals surface area (Å²) in [5.41, 5.74) is 6.26. The van der Waals surface area contributed by atoms with Crippen LogP contribution in [0, 0.1) is 46.3 Å². The summed E-state index contributed by atoms with van der Waals surface area (Å²) in [6.45, 7) is 11.5. The Morgan fingerprint density at radius 1 is 1.00 bits per heavy atom. The Labute approximate surface area is 233 Å². The van der Waals surface area contributed by atoms with E-state index in [0.717, 1.165) is 45.4 Å². The van der Waals surface area contributed by atoms with Crippen LogP contribution in [0.1, 0.15) is 104 Å². The quantitative estimate of drug-likeness (QED) is 0.199. The molecule has 0 bridgehead atoms. The smallest absolute Gasteiger partial charge is 0.305 e. The summed E-state index contributed by atoms with van der Waals surface area (Å²) in [6, 6.07) is 0.606. The van der Waals surface area contributed by atoms with Gasteiger partial charge in [0.2, 0.25) is 0 Å². The molecule has 3 unspecified atom stereocenters. The van der Waals surface area contributed by atoms with E-state index in [4.69, 9.17) is 10.5 Å². The second kappa shape index (κ2) is 13.3. The maximum Gasteiger partial charge on any atom is 0.305 e. The van der Waals surface area contributed by atoms with Crippen molar-refractivity contribution in [2.45, 2.75) is 116 Å². The van der Waals surface area contributed by atoms with Gasteiger partial charge in [-0.3, -0.25) is 4.79 Å². The fourth-order valence-corrected chi connectivity index (χ4v) is 10.1. The largest absolute Gasteiger partial charge is 0.469 e. The van der Waals surface area contributed by atoms with E-state index in [0.29, 0.717) is 58.8 Å². The van der Waals surface area contributed by atoms with Gasteiger partial charge in [-0.05, 0) is 150 Å². The van der Waals surface area contributed by atoms with Gasteiger partial charge < -0.3 is 26.2 Å². The molecular formula is C32H59N3O3. The molecule has 5 N–H and O–H groups in total. The summed E-state index contributed by atoms with van der Waals surface area (Å²) in [6.07, 6.45) is 14.7. The van der Waals surface area contributed by atoms with Gasteiger partial charge in [-0.1, -0.05) is 20.8 Å².